The molecule has 76 valence electrons. The average molecular weight is 189 g/mol. The molecule has 0 saturated carbocycles. The van der Waals surface area contributed by atoms with Crippen molar-refractivity contribution in [2.24, 2.45) is 5.73 Å². The first kappa shape index (κ1) is 11.0. The molecule has 0 aliphatic heterocycles. The zero-order chi connectivity index (χ0) is 10.2. The highest BCUT2D eigenvalue weighted by Gasteiger charge is 2.05. The van der Waals surface area contributed by atoms with E-state index in [1.54, 1.807) is 0 Å². The lowest BCUT2D eigenvalue weighted by atomic mass is 10.00. The fourth-order valence-electron chi connectivity index (χ4n) is 1.49. The maximum absolute atomic E-state index is 6.07. The molecule has 0 bridgehead atoms. The smallest absolute Gasteiger partial charge is 0.0259 e. The van der Waals surface area contributed by atoms with Gasteiger partial charge in [0.05, 0.1) is 0 Å². The van der Waals surface area contributed by atoms with Gasteiger partial charge in [-0.2, -0.15) is 0 Å². The fraction of sp³-hybridized carbons (Fsp3) is 0.385. The van der Waals surface area contributed by atoms with Crippen molar-refractivity contribution >= 4 is 0 Å². The maximum atomic E-state index is 6.07. The Bertz CT molecular complexity index is 269. The van der Waals surface area contributed by atoms with Crippen molar-refractivity contribution < 1.29 is 0 Å². The predicted molar refractivity (Wildman–Crippen MR) is 63.0 cm³/mol. The third-order valence-electron chi connectivity index (χ3n) is 2.32. The molecule has 0 aromatic heterocycles. The molecular weight excluding hydrogens is 170 g/mol. The molecule has 1 aliphatic carbocycles. The summed E-state index contributed by atoms with van der Waals surface area (Å²) in [5, 5.41) is 0. The molecule has 2 N–H and O–H groups in total. The van der Waals surface area contributed by atoms with Crippen molar-refractivity contribution in [3.8, 4) is 0 Å². The summed E-state index contributed by atoms with van der Waals surface area (Å²) in [6.07, 6.45) is 17.7. The molecule has 0 radical (unpaired) electrons. The molecule has 1 aliphatic rings. The number of hydrogen-bond acceptors (Lipinski definition) is 1. The number of hydrogen-bond donors (Lipinski definition) is 1. The molecule has 14 heavy (non-hydrogen) atoms. The van der Waals surface area contributed by atoms with Gasteiger partial charge in [0.2, 0.25) is 0 Å². The molecule has 0 heterocycles. The van der Waals surface area contributed by atoms with Crippen LogP contribution in [0.4, 0.5) is 0 Å². The van der Waals surface area contributed by atoms with E-state index in [-0.39, 0.29) is 6.04 Å². The monoisotopic (exact) mass is 189 g/mol. The molecule has 0 fully saturated rings. The highest BCUT2D eigenvalue weighted by molar-refractivity contribution is 5.26. The van der Waals surface area contributed by atoms with E-state index in [1.807, 2.05) is 18.2 Å². The first-order chi connectivity index (χ1) is 6.84. The van der Waals surface area contributed by atoms with Crippen LogP contribution in [0.15, 0.2) is 48.1 Å². The maximum Gasteiger partial charge on any atom is 0.0259 e. The van der Waals surface area contributed by atoms with E-state index in [1.165, 1.54) is 5.57 Å². The van der Waals surface area contributed by atoms with Crippen molar-refractivity contribution in [3.63, 3.8) is 0 Å². The van der Waals surface area contributed by atoms with Gasteiger partial charge in [0.15, 0.2) is 0 Å². The van der Waals surface area contributed by atoms with Crippen LogP contribution in [-0.4, -0.2) is 6.04 Å². The molecule has 1 nitrogen and oxygen atoms in total. The first-order valence-electron chi connectivity index (χ1n) is 5.29. The van der Waals surface area contributed by atoms with Crippen LogP contribution in [0.5, 0.6) is 0 Å². The third kappa shape index (κ3) is 3.75. The molecule has 0 amide bonds. The fourth-order valence-corrected chi connectivity index (χ4v) is 1.49. The lowest BCUT2D eigenvalue weighted by molar-refractivity contribution is 0.663. The highest BCUT2D eigenvalue weighted by atomic mass is 14.6. The summed E-state index contributed by atoms with van der Waals surface area (Å²) in [5.74, 6) is 0. The zero-order valence-corrected chi connectivity index (χ0v) is 8.82. The second-order valence-electron chi connectivity index (χ2n) is 3.54. The van der Waals surface area contributed by atoms with Gasteiger partial charge in [0.25, 0.3) is 0 Å². The summed E-state index contributed by atoms with van der Waals surface area (Å²) in [5.41, 5.74) is 7.40. The topological polar surface area (TPSA) is 26.0 Å². The van der Waals surface area contributed by atoms with Crippen LogP contribution < -0.4 is 5.73 Å². The summed E-state index contributed by atoms with van der Waals surface area (Å²) in [7, 11) is 0. The van der Waals surface area contributed by atoms with Crippen molar-refractivity contribution in [2.45, 2.75) is 32.2 Å². The minimum atomic E-state index is 0.215. The van der Waals surface area contributed by atoms with Crippen LogP contribution in [0.1, 0.15) is 26.2 Å². The van der Waals surface area contributed by atoms with Gasteiger partial charge in [0.1, 0.15) is 0 Å². The van der Waals surface area contributed by atoms with Gasteiger partial charge < -0.3 is 5.73 Å². The largest absolute Gasteiger partial charge is 0.324 e. The minimum Gasteiger partial charge on any atom is -0.324 e. The Hall–Kier alpha value is -1.08. The van der Waals surface area contributed by atoms with Crippen LogP contribution in [0.3, 0.4) is 0 Å². The van der Waals surface area contributed by atoms with Crippen molar-refractivity contribution in [1.29, 1.82) is 0 Å². The normalized spacial score (nSPS) is 28.9. The van der Waals surface area contributed by atoms with Gasteiger partial charge in [-0.1, -0.05) is 55.9 Å². The van der Waals surface area contributed by atoms with Crippen molar-refractivity contribution in [2.75, 3.05) is 0 Å². The zero-order valence-electron chi connectivity index (χ0n) is 8.82. The Balaban J connectivity index is 2.66. The van der Waals surface area contributed by atoms with E-state index in [0.29, 0.717) is 0 Å². The second-order valence-corrected chi connectivity index (χ2v) is 3.54. The van der Waals surface area contributed by atoms with Crippen LogP contribution in [0.2, 0.25) is 0 Å². The van der Waals surface area contributed by atoms with Gasteiger partial charge in [-0.05, 0) is 18.4 Å². The lowest BCUT2D eigenvalue weighted by Crippen LogP contribution is -2.22. The predicted octanol–water partition coefficient (Wildman–Crippen LogP) is 3.11. The molecule has 0 spiro atoms. The highest BCUT2D eigenvalue weighted by Crippen LogP contribution is 2.12. The average Bonchev–Trinajstić information content (AvgIpc) is 2.30. The summed E-state index contributed by atoms with van der Waals surface area (Å²) < 4.78 is 0. The molecule has 1 atom stereocenters. The second kappa shape index (κ2) is 6.39. The Morgan fingerprint density at radius 1 is 1.21 bits per heavy atom. The van der Waals surface area contributed by atoms with Gasteiger partial charge in [-0.3, -0.25) is 0 Å². The third-order valence-corrected chi connectivity index (χ3v) is 2.32. The minimum absolute atomic E-state index is 0.215. The molecule has 0 aromatic carbocycles. The Kier molecular flexibility index (Phi) is 5.02. The van der Waals surface area contributed by atoms with Crippen molar-refractivity contribution in [3.05, 3.63) is 48.1 Å². The molecule has 1 heteroatoms. The Labute approximate surface area is 86.7 Å². The SMILES string of the molecule is CCCC(N)/C1=C/C=C\C=C/C=C\C1. The summed E-state index contributed by atoms with van der Waals surface area (Å²) in [6, 6.07) is 0.215. The van der Waals surface area contributed by atoms with Crippen LogP contribution in [-0.2, 0) is 0 Å². The number of nitrogens with two attached hydrogens (primary N) is 1. The van der Waals surface area contributed by atoms with E-state index in [0.717, 1.165) is 19.3 Å². The van der Waals surface area contributed by atoms with E-state index >= 15 is 0 Å². The summed E-state index contributed by atoms with van der Waals surface area (Å²) in [4.78, 5) is 0. The van der Waals surface area contributed by atoms with Gasteiger partial charge in [-0.25, -0.2) is 0 Å². The Morgan fingerprint density at radius 3 is 2.71 bits per heavy atom. The number of allylic oxidation sites excluding steroid dienone is 7. The molecule has 1 rings (SSSR count). The molecule has 0 saturated heterocycles. The molecule has 0 aromatic rings. The van der Waals surface area contributed by atoms with Crippen molar-refractivity contribution in [1.82, 2.24) is 0 Å². The first-order valence-corrected chi connectivity index (χ1v) is 5.29. The van der Waals surface area contributed by atoms with Gasteiger partial charge >= 0.3 is 0 Å². The molecular formula is C13H19N. The number of rotatable bonds is 3. The van der Waals surface area contributed by atoms with E-state index in [9.17, 15) is 0 Å². The standard InChI is InChI=1S/C13H19N/c1-2-9-13(14)12-10-7-5-3-4-6-8-11-12/h3-8,10,13H,2,9,11,14H2,1H3/b4-3-,7-5-,8-6-,12-10+. The van der Waals surface area contributed by atoms with E-state index < -0.39 is 0 Å². The molecule has 1 unspecified atom stereocenters. The lowest BCUT2D eigenvalue weighted by Gasteiger charge is -2.13. The van der Waals surface area contributed by atoms with Crippen LogP contribution in [0.25, 0.3) is 0 Å². The summed E-state index contributed by atoms with van der Waals surface area (Å²) in [6.45, 7) is 2.17. The Morgan fingerprint density at radius 2 is 1.93 bits per heavy atom. The summed E-state index contributed by atoms with van der Waals surface area (Å²) >= 11 is 0. The van der Waals surface area contributed by atoms with Crippen LogP contribution in [0, 0.1) is 0 Å². The van der Waals surface area contributed by atoms with Gasteiger partial charge in [0, 0.05) is 6.04 Å². The van der Waals surface area contributed by atoms with E-state index in [4.69, 9.17) is 5.73 Å². The van der Waals surface area contributed by atoms with Crippen LogP contribution >= 0.6 is 0 Å². The van der Waals surface area contributed by atoms with Gasteiger partial charge in [-0.15, -0.1) is 0 Å². The van der Waals surface area contributed by atoms with E-state index in [2.05, 4.69) is 31.2 Å². The quantitative estimate of drug-likeness (QED) is 0.725.